The van der Waals surface area contributed by atoms with Crippen molar-refractivity contribution >= 4 is 11.3 Å². The summed E-state index contributed by atoms with van der Waals surface area (Å²) in [5.41, 5.74) is 1.00. The fraction of sp³-hybridized carbons (Fsp3) is 0.438. The second kappa shape index (κ2) is 8.12. The summed E-state index contributed by atoms with van der Waals surface area (Å²) in [5, 5.41) is 4.40. The third kappa shape index (κ3) is 5.12. The minimum atomic E-state index is 0.450. The van der Waals surface area contributed by atoms with Crippen LogP contribution in [-0.2, 0) is 24.5 Å². The Bertz CT molecular complexity index is 540. The Hall–Kier alpha value is -1.43. The van der Waals surface area contributed by atoms with Crippen LogP contribution in [0.1, 0.15) is 29.4 Å². The van der Waals surface area contributed by atoms with Crippen molar-refractivity contribution in [1.29, 1.82) is 0 Å². The lowest BCUT2D eigenvalue weighted by Crippen LogP contribution is -2.21. The van der Waals surface area contributed by atoms with Crippen molar-refractivity contribution < 1.29 is 9.47 Å². The van der Waals surface area contributed by atoms with Crippen molar-refractivity contribution in [2.75, 3.05) is 7.11 Å². The molecule has 1 aromatic heterocycles. The van der Waals surface area contributed by atoms with E-state index in [0.29, 0.717) is 19.3 Å². The Labute approximate surface area is 130 Å². The standard InChI is InChI=1S/C16H22N2O2S/c1-12(2)17-9-15-14(10-19-3)18-16(21-15)11-20-13-7-5-4-6-8-13/h4-8,12,17H,9-11H2,1-3H3. The summed E-state index contributed by atoms with van der Waals surface area (Å²) in [6.07, 6.45) is 0. The summed E-state index contributed by atoms with van der Waals surface area (Å²) in [7, 11) is 1.69. The number of methoxy groups -OCH3 is 1. The molecule has 0 fully saturated rings. The van der Waals surface area contributed by atoms with Crippen LogP contribution in [0.5, 0.6) is 5.75 Å². The molecule has 0 radical (unpaired) electrons. The number of nitrogens with one attached hydrogen (secondary N) is 1. The summed E-state index contributed by atoms with van der Waals surface area (Å²) in [6, 6.07) is 10.3. The van der Waals surface area contributed by atoms with Crippen LogP contribution in [0, 0.1) is 0 Å². The molecule has 21 heavy (non-hydrogen) atoms. The fourth-order valence-electron chi connectivity index (χ4n) is 1.84. The molecule has 0 aliphatic carbocycles. The maximum atomic E-state index is 5.75. The molecule has 0 bridgehead atoms. The number of ether oxygens (including phenoxy) is 2. The number of hydrogen-bond acceptors (Lipinski definition) is 5. The highest BCUT2D eigenvalue weighted by molar-refractivity contribution is 7.11. The average Bonchev–Trinajstić information content (AvgIpc) is 2.87. The van der Waals surface area contributed by atoms with Crippen molar-refractivity contribution in [3.05, 3.63) is 45.9 Å². The Morgan fingerprint density at radius 1 is 1.19 bits per heavy atom. The third-order valence-electron chi connectivity index (χ3n) is 2.88. The number of thiazole rings is 1. The van der Waals surface area contributed by atoms with E-state index in [1.807, 2.05) is 30.3 Å². The van der Waals surface area contributed by atoms with Gasteiger partial charge in [0, 0.05) is 24.6 Å². The van der Waals surface area contributed by atoms with Crippen LogP contribution in [-0.4, -0.2) is 18.1 Å². The predicted octanol–water partition coefficient (Wildman–Crippen LogP) is 3.37. The van der Waals surface area contributed by atoms with Crippen molar-refractivity contribution in [1.82, 2.24) is 10.3 Å². The molecule has 0 aliphatic heterocycles. The second-order valence-corrected chi connectivity index (χ2v) is 6.22. The summed E-state index contributed by atoms with van der Waals surface area (Å²) >= 11 is 1.68. The number of hydrogen-bond donors (Lipinski definition) is 1. The zero-order valence-electron chi connectivity index (χ0n) is 12.8. The quantitative estimate of drug-likeness (QED) is 0.812. The summed E-state index contributed by atoms with van der Waals surface area (Å²) < 4.78 is 11.0. The minimum Gasteiger partial charge on any atom is -0.486 e. The Kier molecular flexibility index (Phi) is 6.17. The molecule has 0 atom stereocenters. The van der Waals surface area contributed by atoms with E-state index in [9.17, 15) is 0 Å². The molecule has 0 amide bonds. The topological polar surface area (TPSA) is 43.4 Å². The molecule has 0 saturated heterocycles. The van der Waals surface area contributed by atoms with Gasteiger partial charge < -0.3 is 14.8 Å². The normalized spacial score (nSPS) is 11.0. The second-order valence-electron chi connectivity index (χ2n) is 5.05. The molecule has 0 spiro atoms. The van der Waals surface area contributed by atoms with Crippen LogP contribution < -0.4 is 10.1 Å². The highest BCUT2D eigenvalue weighted by Crippen LogP contribution is 2.21. The van der Waals surface area contributed by atoms with E-state index >= 15 is 0 Å². The van der Waals surface area contributed by atoms with E-state index in [0.717, 1.165) is 23.0 Å². The van der Waals surface area contributed by atoms with E-state index in [1.165, 1.54) is 4.88 Å². The van der Waals surface area contributed by atoms with Gasteiger partial charge in [0.25, 0.3) is 0 Å². The fourth-order valence-corrected chi connectivity index (χ4v) is 2.78. The van der Waals surface area contributed by atoms with Crippen molar-refractivity contribution in [2.45, 2.75) is 39.6 Å². The maximum absolute atomic E-state index is 5.75. The molecule has 2 aromatic rings. The van der Waals surface area contributed by atoms with Gasteiger partial charge in [-0.2, -0.15) is 0 Å². The smallest absolute Gasteiger partial charge is 0.140 e. The molecule has 0 aliphatic rings. The first-order valence-corrected chi connectivity index (χ1v) is 7.88. The van der Waals surface area contributed by atoms with Crippen LogP contribution in [0.4, 0.5) is 0 Å². The lowest BCUT2D eigenvalue weighted by Gasteiger charge is -2.07. The molecule has 5 heteroatoms. The monoisotopic (exact) mass is 306 g/mol. The molecule has 114 valence electrons. The first-order valence-electron chi connectivity index (χ1n) is 7.06. The lowest BCUT2D eigenvalue weighted by molar-refractivity contribution is 0.180. The summed E-state index contributed by atoms with van der Waals surface area (Å²) in [4.78, 5) is 5.84. The number of para-hydroxylation sites is 1. The first-order chi connectivity index (χ1) is 10.2. The van der Waals surface area contributed by atoms with Gasteiger partial charge in [-0.05, 0) is 12.1 Å². The van der Waals surface area contributed by atoms with E-state index < -0.39 is 0 Å². The van der Waals surface area contributed by atoms with Crippen LogP contribution >= 0.6 is 11.3 Å². The minimum absolute atomic E-state index is 0.450. The van der Waals surface area contributed by atoms with Crippen LogP contribution in [0.25, 0.3) is 0 Å². The summed E-state index contributed by atoms with van der Waals surface area (Å²) in [6.45, 7) is 6.12. The highest BCUT2D eigenvalue weighted by Gasteiger charge is 2.12. The van der Waals surface area contributed by atoms with Crippen molar-refractivity contribution in [2.24, 2.45) is 0 Å². The van der Waals surface area contributed by atoms with E-state index in [1.54, 1.807) is 18.4 Å². The van der Waals surface area contributed by atoms with Gasteiger partial charge in [-0.1, -0.05) is 32.0 Å². The van der Waals surface area contributed by atoms with Gasteiger partial charge in [0.1, 0.15) is 17.4 Å². The number of aromatic nitrogens is 1. The maximum Gasteiger partial charge on any atom is 0.140 e. The molecule has 1 aromatic carbocycles. The van der Waals surface area contributed by atoms with Gasteiger partial charge in [-0.15, -0.1) is 11.3 Å². The van der Waals surface area contributed by atoms with Crippen LogP contribution in [0.3, 0.4) is 0 Å². The third-order valence-corrected chi connectivity index (χ3v) is 3.95. The molecule has 4 nitrogen and oxygen atoms in total. The largest absolute Gasteiger partial charge is 0.486 e. The molecule has 0 unspecified atom stereocenters. The zero-order chi connectivity index (χ0) is 15.1. The highest BCUT2D eigenvalue weighted by atomic mass is 32.1. The van der Waals surface area contributed by atoms with E-state index in [2.05, 4.69) is 24.1 Å². The Morgan fingerprint density at radius 2 is 1.95 bits per heavy atom. The molecule has 1 N–H and O–H groups in total. The average molecular weight is 306 g/mol. The first kappa shape index (κ1) is 15.9. The molecule has 1 heterocycles. The van der Waals surface area contributed by atoms with E-state index in [-0.39, 0.29) is 0 Å². The molecular weight excluding hydrogens is 284 g/mol. The zero-order valence-corrected chi connectivity index (χ0v) is 13.6. The SMILES string of the molecule is COCc1nc(COc2ccccc2)sc1CNC(C)C. The van der Waals surface area contributed by atoms with Crippen molar-refractivity contribution in [3.63, 3.8) is 0 Å². The van der Waals surface area contributed by atoms with Gasteiger partial charge in [0.2, 0.25) is 0 Å². The molecule has 2 rings (SSSR count). The van der Waals surface area contributed by atoms with Gasteiger partial charge >= 0.3 is 0 Å². The van der Waals surface area contributed by atoms with Crippen LogP contribution in [0.15, 0.2) is 30.3 Å². The lowest BCUT2D eigenvalue weighted by atomic mass is 10.3. The molecule has 0 saturated carbocycles. The van der Waals surface area contributed by atoms with Gasteiger partial charge in [-0.3, -0.25) is 0 Å². The van der Waals surface area contributed by atoms with Gasteiger partial charge in [0.15, 0.2) is 0 Å². The molecular formula is C16H22N2O2S. The number of benzene rings is 1. The van der Waals surface area contributed by atoms with Gasteiger partial charge in [-0.25, -0.2) is 4.98 Å². The van der Waals surface area contributed by atoms with Crippen molar-refractivity contribution in [3.8, 4) is 5.75 Å². The number of nitrogens with zero attached hydrogens (tertiary/aromatic N) is 1. The Morgan fingerprint density at radius 3 is 2.62 bits per heavy atom. The van der Waals surface area contributed by atoms with Crippen LogP contribution in [0.2, 0.25) is 0 Å². The Balaban J connectivity index is 2.00. The van der Waals surface area contributed by atoms with E-state index in [4.69, 9.17) is 9.47 Å². The predicted molar refractivity (Wildman–Crippen MR) is 85.6 cm³/mol. The van der Waals surface area contributed by atoms with Gasteiger partial charge in [0.05, 0.1) is 12.3 Å². The number of rotatable bonds is 8. The summed E-state index contributed by atoms with van der Waals surface area (Å²) in [5.74, 6) is 0.864.